The van der Waals surface area contributed by atoms with Crippen LogP contribution in [0.3, 0.4) is 0 Å². The average Bonchev–Trinajstić information content (AvgIpc) is 2.16. The van der Waals surface area contributed by atoms with Gasteiger partial charge in [-0.3, -0.25) is 0 Å². The van der Waals surface area contributed by atoms with Crippen molar-refractivity contribution in [3.8, 4) is 0 Å². The van der Waals surface area contributed by atoms with E-state index in [0.717, 1.165) is 5.56 Å². The van der Waals surface area contributed by atoms with E-state index in [0.29, 0.717) is 5.82 Å². The van der Waals surface area contributed by atoms with E-state index < -0.39 is 5.97 Å². The molecule has 1 aromatic heterocycles. The molecule has 0 aromatic carbocycles. The highest BCUT2D eigenvalue weighted by Gasteiger charge is 2.09. The van der Waals surface area contributed by atoms with Crippen LogP contribution in [0.15, 0.2) is 18.7 Å². The number of nitrogens with zero attached hydrogens (tertiary/aromatic N) is 2. The van der Waals surface area contributed by atoms with Crippen LogP contribution in [0.25, 0.3) is 6.08 Å². The van der Waals surface area contributed by atoms with Crippen molar-refractivity contribution in [2.24, 2.45) is 0 Å². The first kappa shape index (κ1) is 10.2. The maximum absolute atomic E-state index is 10.7. The second kappa shape index (κ2) is 3.91. The molecule has 1 heterocycles. The normalized spacial score (nSPS) is 9.57. The molecule has 0 aliphatic heterocycles. The third-order valence-electron chi connectivity index (χ3n) is 1.77. The summed E-state index contributed by atoms with van der Waals surface area (Å²) in [4.78, 5) is 16.4. The number of carboxylic acid groups (broad SMARTS) is 1. The molecule has 4 nitrogen and oxygen atoms in total. The smallest absolute Gasteiger partial charge is 0.354 e. The molecule has 0 saturated heterocycles. The topological polar surface area (TPSA) is 53.4 Å². The fraction of sp³-hybridized carbons (Fsp3) is 0.200. The second-order valence-electron chi connectivity index (χ2n) is 3.01. The Labute approximate surface area is 82.5 Å². The predicted octanol–water partition coefficient (Wildman–Crippen LogP) is 1.49. The van der Waals surface area contributed by atoms with E-state index in [1.165, 1.54) is 6.07 Å². The number of carbonyl (C=O) groups is 1. The van der Waals surface area contributed by atoms with Crippen LogP contribution in [-0.4, -0.2) is 30.2 Å². The van der Waals surface area contributed by atoms with Crippen molar-refractivity contribution < 1.29 is 9.90 Å². The summed E-state index contributed by atoms with van der Waals surface area (Å²) >= 11 is 0. The Balaban J connectivity index is 3.27. The number of hydrogen-bond donors (Lipinski definition) is 1. The van der Waals surface area contributed by atoms with E-state index in [-0.39, 0.29) is 5.69 Å². The van der Waals surface area contributed by atoms with E-state index in [1.54, 1.807) is 31.1 Å². The highest BCUT2D eigenvalue weighted by atomic mass is 16.4. The summed E-state index contributed by atoms with van der Waals surface area (Å²) in [6, 6.07) is 3.16. The van der Waals surface area contributed by atoms with Gasteiger partial charge in [0.25, 0.3) is 0 Å². The van der Waals surface area contributed by atoms with Gasteiger partial charge in [-0.15, -0.1) is 0 Å². The van der Waals surface area contributed by atoms with Gasteiger partial charge in [0, 0.05) is 19.7 Å². The number of aromatic nitrogens is 1. The average molecular weight is 192 g/mol. The fourth-order valence-electron chi connectivity index (χ4n) is 1.10. The Morgan fingerprint density at radius 2 is 2.21 bits per heavy atom. The van der Waals surface area contributed by atoms with Crippen molar-refractivity contribution in [1.29, 1.82) is 0 Å². The van der Waals surface area contributed by atoms with Crippen molar-refractivity contribution in [3.05, 3.63) is 30.0 Å². The van der Waals surface area contributed by atoms with E-state index in [9.17, 15) is 4.79 Å². The number of pyridine rings is 1. The molecule has 14 heavy (non-hydrogen) atoms. The van der Waals surface area contributed by atoms with Gasteiger partial charge in [-0.1, -0.05) is 12.7 Å². The van der Waals surface area contributed by atoms with Crippen LogP contribution in [0.2, 0.25) is 0 Å². The quantitative estimate of drug-likeness (QED) is 0.788. The standard InChI is InChI=1S/C10H12N2O2/c1-4-7-5-6-8(10(13)14)11-9(7)12(2)3/h4-6H,1H2,2-3H3,(H,13,14). The molecule has 0 saturated carbocycles. The Bertz CT molecular complexity index is 372. The summed E-state index contributed by atoms with van der Waals surface area (Å²) in [6.45, 7) is 3.63. The zero-order chi connectivity index (χ0) is 10.7. The number of anilines is 1. The molecule has 0 aliphatic rings. The highest BCUT2D eigenvalue weighted by molar-refractivity contribution is 5.86. The zero-order valence-electron chi connectivity index (χ0n) is 8.19. The van der Waals surface area contributed by atoms with Crippen LogP contribution in [0.1, 0.15) is 16.1 Å². The molecular formula is C10H12N2O2. The molecular weight excluding hydrogens is 180 g/mol. The summed E-state index contributed by atoms with van der Waals surface area (Å²) in [5.41, 5.74) is 0.860. The summed E-state index contributed by atoms with van der Waals surface area (Å²) in [5, 5.41) is 8.75. The van der Waals surface area contributed by atoms with Gasteiger partial charge in [-0.25, -0.2) is 9.78 Å². The Hall–Kier alpha value is -1.84. The minimum atomic E-state index is -1.02. The molecule has 0 aliphatic carbocycles. The van der Waals surface area contributed by atoms with Gasteiger partial charge in [-0.05, 0) is 12.1 Å². The summed E-state index contributed by atoms with van der Waals surface area (Å²) in [5.74, 6) is -0.413. The number of aromatic carboxylic acids is 1. The van der Waals surface area contributed by atoms with Crippen LogP contribution in [-0.2, 0) is 0 Å². The first-order valence-electron chi connectivity index (χ1n) is 4.10. The minimum Gasteiger partial charge on any atom is -0.477 e. The van der Waals surface area contributed by atoms with E-state index >= 15 is 0 Å². The largest absolute Gasteiger partial charge is 0.477 e. The number of carboxylic acids is 1. The minimum absolute atomic E-state index is 0.0410. The molecule has 0 unspecified atom stereocenters. The lowest BCUT2D eigenvalue weighted by atomic mass is 10.2. The van der Waals surface area contributed by atoms with Gasteiger partial charge in [0.15, 0.2) is 5.69 Å². The number of rotatable bonds is 3. The lowest BCUT2D eigenvalue weighted by Crippen LogP contribution is -2.14. The molecule has 0 radical (unpaired) electrons. The fourth-order valence-corrected chi connectivity index (χ4v) is 1.10. The van der Waals surface area contributed by atoms with Gasteiger partial charge in [0.2, 0.25) is 0 Å². The van der Waals surface area contributed by atoms with Crippen molar-refractivity contribution in [2.75, 3.05) is 19.0 Å². The van der Waals surface area contributed by atoms with E-state index in [1.807, 2.05) is 0 Å². The van der Waals surface area contributed by atoms with Crippen molar-refractivity contribution in [2.45, 2.75) is 0 Å². The highest BCUT2D eigenvalue weighted by Crippen LogP contribution is 2.17. The summed E-state index contributed by atoms with van der Waals surface area (Å²) in [7, 11) is 3.61. The molecule has 1 rings (SSSR count). The number of hydrogen-bond acceptors (Lipinski definition) is 3. The Morgan fingerprint density at radius 1 is 1.57 bits per heavy atom. The molecule has 1 aromatic rings. The zero-order valence-corrected chi connectivity index (χ0v) is 8.19. The van der Waals surface area contributed by atoms with Crippen LogP contribution in [0, 0.1) is 0 Å². The summed E-state index contributed by atoms with van der Waals surface area (Å²) < 4.78 is 0. The monoisotopic (exact) mass is 192 g/mol. The molecule has 0 fully saturated rings. The Kier molecular flexibility index (Phi) is 2.86. The lowest BCUT2D eigenvalue weighted by molar-refractivity contribution is 0.0690. The first-order chi connectivity index (χ1) is 6.56. The van der Waals surface area contributed by atoms with Crippen LogP contribution in [0.4, 0.5) is 5.82 Å². The van der Waals surface area contributed by atoms with Crippen LogP contribution in [0.5, 0.6) is 0 Å². The maximum atomic E-state index is 10.7. The van der Waals surface area contributed by atoms with Gasteiger partial charge in [0.05, 0.1) is 0 Å². The summed E-state index contributed by atoms with van der Waals surface area (Å²) in [6.07, 6.45) is 1.65. The molecule has 74 valence electrons. The van der Waals surface area contributed by atoms with Gasteiger partial charge in [-0.2, -0.15) is 0 Å². The maximum Gasteiger partial charge on any atom is 0.354 e. The third kappa shape index (κ3) is 1.90. The van der Waals surface area contributed by atoms with E-state index in [4.69, 9.17) is 5.11 Å². The molecule has 4 heteroatoms. The molecule has 0 amide bonds. The second-order valence-corrected chi connectivity index (χ2v) is 3.01. The molecule has 0 bridgehead atoms. The molecule has 0 atom stereocenters. The van der Waals surface area contributed by atoms with Gasteiger partial charge >= 0.3 is 5.97 Å². The van der Waals surface area contributed by atoms with Crippen molar-refractivity contribution in [1.82, 2.24) is 4.98 Å². The van der Waals surface area contributed by atoms with Crippen molar-refractivity contribution >= 4 is 17.9 Å². The van der Waals surface area contributed by atoms with Gasteiger partial charge in [0.1, 0.15) is 5.82 Å². The van der Waals surface area contributed by atoms with Gasteiger partial charge < -0.3 is 10.0 Å². The van der Waals surface area contributed by atoms with Crippen LogP contribution >= 0.6 is 0 Å². The SMILES string of the molecule is C=Cc1ccc(C(=O)O)nc1N(C)C. The lowest BCUT2D eigenvalue weighted by Gasteiger charge is -2.14. The molecule has 1 N–H and O–H groups in total. The third-order valence-corrected chi connectivity index (χ3v) is 1.77. The predicted molar refractivity (Wildman–Crippen MR) is 55.6 cm³/mol. The first-order valence-corrected chi connectivity index (χ1v) is 4.10. The molecule has 0 spiro atoms. The van der Waals surface area contributed by atoms with Crippen LogP contribution < -0.4 is 4.90 Å². The van der Waals surface area contributed by atoms with Crippen molar-refractivity contribution in [3.63, 3.8) is 0 Å². The Morgan fingerprint density at radius 3 is 2.64 bits per heavy atom. The van der Waals surface area contributed by atoms with E-state index in [2.05, 4.69) is 11.6 Å².